The van der Waals surface area contributed by atoms with Gasteiger partial charge in [-0.15, -0.1) is 0 Å². The smallest absolute Gasteiger partial charge is 0.244 e. The number of hydrogen-bond donors (Lipinski definition) is 1. The third-order valence-corrected chi connectivity index (χ3v) is 6.02. The van der Waals surface area contributed by atoms with E-state index in [9.17, 15) is 13.2 Å². The van der Waals surface area contributed by atoms with Crippen molar-refractivity contribution in [2.45, 2.75) is 25.3 Å². The van der Waals surface area contributed by atoms with Crippen LogP contribution in [0.2, 0.25) is 0 Å². The van der Waals surface area contributed by atoms with Crippen molar-refractivity contribution in [3.8, 4) is 0 Å². The van der Waals surface area contributed by atoms with E-state index >= 15 is 0 Å². The Bertz CT molecular complexity index is 840. The predicted molar refractivity (Wildman–Crippen MR) is 104 cm³/mol. The Morgan fingerprint density at radius 3 is 2.19 bits per heavy atom. The van der Waals surface area contributed by atoms with Gasteiger partial charge >= 0.3 is 0 Å². The lowest BCUT2D eigenvalue weighted by Crippen LogP contribution is -2.30. The molecule has 0 aliphatic rings. The van der Waals surface area contributed by atoms with Crippen molar-refractivity contribution in [3.63, 3.8) is 0 Å². The van der Waals surface area contributed by atoms with Gasteiger partial charge in [-0.05, 0) is 29.3 Å². The van der Waals surface area contributed by atoms with Crippen LogP contribution in [0.3, 0.4) is 0 Å². The van der Waals surface area contributed by atoms with Gasteiger partial charge < -0.3 is 5.32 Å². The van der Waals surface area contributed by atoms with Crippen molar-refractivity contribution in [1.29, 1.82) is 0 Å². The van der Waals surface area contributed by atoms with E-state index in [0.29, 0.717) is 19.6 Å². The van der Waals surface area contributed by atoms with E-state index in [4.69, 9.17) is 0 Å². The zero-order chi connectivity index (χ0) is 19.0. The first kappa shape index (κ1) is 19.9. The highest BCUT2D eigenvalue weighted by atomic mass is 32.2. The summed E-state index contributed by atoms with van der Waals surface area (Å²) >= 11 is 0. The molecule has 2 rings (SSSR count). The molecule has 0 fully saturated rings. The highest BCUT2D eigenvalue weighted by Gasteiger charge is 2.21. The molecule has 2 aromatic rings. The van der Waals surface area contributed by atoms with Crippen molar-refractivity contribution in [2.24, 2.45) is 0 Å². The van der Waals surface area contributed by atoms with E-state index in [2.05, 4.69) is 5.32 Å². The van der Waals surface area contributed by atoms with Crippen LogP contribution in [0.1, 0.15) is 25.0 Å². The summed E-state index contributed by atoms with van der Waals surface area (Å²) < 4.78 is 26.3. The van der Waals surface area contributed by atoms with Crippen molar-refractivity contribution in [2.75, 3.05) is 13.1 Å². The van der Waals surface area contributed by atoms with Crippen LogP contribution in [0.5, 0.6) is 0 Å². The quantitative estimate of drug-likeness (QED) is 0.724. The zero-order valence-corrected chi connectivity index (χ0v) is 15.9. The number of nitrogens with zero attached hydrogens (tertiary/aromatic N) is 1. The molecule has 0 aliphatic heterocycles. The van der Waals surface area contributed by atoms with Gasteiger partial charge in [0.2, 0.25) is 15.9 Å². The number of sulfonamides is 1. The molecule has 0 saturated heterocycles. The Balaban J connectivity index is 1.95. The van der Waals surface area contributed by atoms with Gasteiger partial charge in [0.15, 0.2) is 0 Å². The Labute approximate surface area is 155 Å². The minimum Gasteiger partial charge on any atom is -0.348 e. The largest absolute Gasteiger partial charge is 0.348 e. The third kappa shape index (κ3) is 5.28. The maximum Gasteiger partial charge on any atom is 0.244 e. The summed E-state index contributed by atoms with van der Waals surface area (Å²) in [7, 11) is -3.45. The molecular formula is C20H24N2O3S. The number of hydrogen-bond acceptors (Lipinski definition) is 3. The van der Waals surface area contributed by atoms with Crippen molar-refractivity contribution in [1.82, 2.24) is 9.62 Å². The van der Waals surface area contributed by atoms with Crippen LogP contribution < -0.4 is 5.32 Å². The summed E-state index contributed by atoms with van der Waals surface area (Å²) in [6, 6.07) is 16.2. The number of carbonyl (C=O) groups excluding carboxylic acids is 1. The molecule has 6 heteroatoms. The molecule has 138 valence electrons. The van der Waals surface area contributed by atoms with Gasteiger partial charge in [-0.1, -0.05) is 56.3 Å². The topological polar surface area (TPSA) is 66.5 Å². The summed E-state index contributed by atoms with van der Waals surface area (Å²) in [6.07, 6.45) is 3.23. The molecule has 1 amide bonds. The number of rotatable bonds is 8. The summed E-state index contributed by atoms with van der Waals surface area (Å²) in [6.45, 7) is 4.83. The van der Waals surface area contributed by atoms with Gasteiger partial charge in [-0.3, -0.25) is 4.79 Å². The van der Waals surface area contributed by atoms with Crippen molar-refractivity contribution in [3.05, 3.63) is 71.8 Å². The summed E-state index contributed by atoms with van der Waals surface area (Å²) in [5.41, 5.74) is 1.79. The van der Waals surface area contributed by atoms with Gasteiger partial charge in [0, 0.05) is 25.7 Å². The van der Waals surface area contributed by atoms with E-state index < -0.39 is 10.0 Å². The lowest BCUT2D eigenvalue weighted by atomic mass is 10.2. The van der Waals surface area contributed by atoms with E-state index in [1.807, 2.05) is 44.2 Å². The van der Waals surface area contributed by atoms with Gasteiger partial charge in [-0.2, -0.15) is 4.31 Å². The van der Waals surface area contributed by atoms with Crippen LogP contribution in [-0.4, -0.2) is 31.7 Å². The molecule has 0 saturated carbocycles. The van der Waals surface area contributed by atoms with Crippen LogP contribution in [0.15, 0.2) is 65.6 Å². The highest BCUT2D eigenvalue weighted by Crippen LogP contribution is 2.16. The third-order valence-electron chi connectivity index (χ3n) is 3.96. The minimum absolute atomic E-state index is 0.200. The second-order valence-electron chi connectivity index (χ2n) is 5.70. The molecule has 5 nitrogen and oxygen atoms in total. The Hall–Kier alpha value is -2.44. The van der Waals surface area contributed by atoms with Crippen LogP contribution in [0, 0.1) is 0 Å². The lowest BCUT2D eigenvalue weighted by Gasteiger charge is -2.18. The standard InChI is InChI=1S/C20H24N2O3S/c1-3-22(4-2)26(24,25)19-13-10-18(11-14-19)16-21-20(23)15-12-17-8-6-5-7-9-17/h5-15H,3-4,16H2,1-2H3,(H,21,23)/b15-12+. The number of amides is 1. The molecule has 0 bridgehead atoms. The maximum atomic E-state index is 12.4. The Morgan fingerprint density at radius 2 is 1.62 bits per heavy atom. The number of carbonyl (C=O) groups is 1. The molecule has 0 spiro atoms. The second kappa shape index (κ2) is 9.31. The van der Waals surface area contributed by atoms with Gasteiger partial charge in [0.25, 0.3) is 0 Å². The van der Waals surface area contributed by atoms with Crippen LogP contribution in [-0.2, 0) is 21.4 Å². The fourth-order valence-electron chi connectivity index (χ4n) is 2.48. The number of benzene rings is 2. The normalized spacial score (nSPS) is 11.8. The zero-order valence-electron chi connectivity index (χ0n) is 15.1. The molecule has 0 atom stereocenters. The second-order valence-corrected chi connectivity index (χ2v) is 7.63. The first-order valence-corrected chi connectivity index (χ1v) is 10.0. The summed E-state index contributed by atoms with van der Waals surface area (Å²) in [5, 5.41) is 2.79. The van der Waals surface area contributed by atoms with E-state index in [0.717, 1.165) is 11.1 Å². The maximum absolute atomic E-state index is 12.4. The predicted octanol–water partition coefficient (Wildman–Crippen LogP) is 3.05. The van der Waals surface area contributed by atoms with E-state index in [1.165, 1.54) is 10.4 Å². The van der Waals surface area contributed by atoms with Gasteiger partial charge in [0.05, 0.1) is 4.90 Å². The molecule has 0 aliphatic carbocycles. The molecule has 2 aromatic carbocycles. The fraction of sp³-hybridized carbons (Fsp3) is 0.250. The molecule has 0 aromatic heterocycles. The van der Waals surface area contributed by atoms with Crippen LogP contribution in [0.25, 0.3) is 6.08 Å². The van der Waals surface area contributed by atoms with E-state index in [1.54, 1.807) is 30.3 Å². The van der Waals surface area contributed by atoms with Crippen molar-refractivity contribution < 1.29 is 13.2 Å². The van der Waals surface area contributed by atoms with E-state index in [-0.39, 0.29) is 10.8 Å². The average molecular weight is 372 g/mol. The SMILES string of the molecule is CCN(CC)S(=O)(=O)c1ccc(CNC(=O)/C=C/c2ccccc2)cc1. The Morgan fingerprint density at radius 1 is 1.00 bits per heavy atom. The number of nitrogens with one attached hydrogen (secondary N) is 1. The monoisotopic (exact) mass is 372 g/mol. The molecular weight excluding hydrogens is 348 g/mol. The lowest BCUT2D eigenvalue weighted by molar-refractivity contribution is -0.116. The molecule has 0 heterocycles. The van der Waals surface area contributed by atoms with Crippen LogP contribution >= 0.6 is 0 Å². The average Bonchev–Trinajstić information content (AvgIpc) is 2.66. The first-order valence-electron chi connectivity index (χ1n) is 8.57. The molecule has 26 heavy (non-hydrogen) atoms. The Kier molecular flexibility index (Phi) is 7.12. The molecule has 1 N–H and O–H groups in total. The fourth-order valence-corrected chi connectivity index (χ4v) is 3.93. The van der Waals surface area contributed by atoms with Gasteiger partial charge in [-0.25, -0.2) is 8.42 Å². The molecule has 0 unspecified atom stereocenters. The van der Waals surface area contributed by atoms with Gasteiger partial charge in [0.1, 0.15) is 0 Å². The summed E-state index contributed by atoms with van der Waals surface area (Å²) in [4.78, 5) is 12.1. The molecule has 0 radical (unpaired) electrons. The first-order chi connectivity index (χ1) is 12.5. The summed E-state index contributed by atoms with van der Waals surface area (Å²) in [5.74, 6) is -0.200. The van der Waals surface area contributed by atoms with Crippen molar-refractivity contribution >= 4 is 22.0 Å². The highest BCUT2D eigenvalue weighted by molar-refractivity contribution is 7.89. The minimum atomic E-state index is -3.45. The van der Waals surface area contributed by atoms with Crippen LogP contribution in [0.4, 0.5) is 0 Å².